The molecule has 0 unspecified atom stereocenters. The Bertz CT molecular complexity index is 727. The van der Waals surface area contributed by atoms with Crippen LogP contribution in [0.15, 0.2) is 53.0 Å². The van der Waals surface area contributed by atoms with Crippen molar-refractivity contribution < 1.29 is 9.53 Å². The third-order valence-corrected chi connectivity index (χ3v) is 5.15. The van der Waals surface area contributed by atoms with E-state index in [9.17, 15) is 4.79 Å². The number of amides is 1. The number of halogens is 2. The second-order valence-electron chi connectivity index (χ2n) is 6.07. The molecule has 1 saturated heterocycles. The Morgan fingerprint density at radius 1 is 1.24 bits per heavy atom. The average Bonchev–Trinajstić information content (AvgIpc) is 3.06. The Kier molecular flexibility index (Phi) is 6.87. The van der Waals surface area contributed by atoms with Crippen molar-refractivity contribution in [1.29, 1.82) is 0 Å². The molecule has 1 heterocycles. The van der Waals surface area contributed by atoms with Gasteiger partial charge < -0.3 is 15.4 Å². The van der Waals surface area contributed by atoms with Crippen LogP contribution in [0.25, 0.3) is 0 Å². The number of methoxy groups -OCH3 is 1. The molecular weight excluding hydrogens is 404 g/mol. The molecule has 1 amide bonds. The van der Waals surface area contributed by atoms with Gasteiger partial charge in [0.1, 0.15) is 5.75 Å². The zero-order valence-electron chi connectivity index (χ0n) is 14.0. The number of rotatable bonds is 4. The molecule has 1 aliphatic heterocycles. The minimum atomic E-state index is -0.00349. The Balaban J connectivity index is 0.00000225. The van der Waals surface area contributed by atoms with Gasteiger partial charge >= 0.3 is 0 Å². The van der Waals surface area contributed by atoms with Crippen molar-refractivity contribution in [2.24, 2.45) is 11.7 Å². The molecule has 0 spiro atoms. The highest BCUT2D eigenvalue weighted by Gasteiger charge is 2.36. The zero-order valence-corrected chi connectivity index (χ0v) is 16.4. The molecule has 2 aromatic rings. The van der Waals surface area contributed by atoms with Crippen LogP contribution in [0.4, 0.5) is 0 Å². The van der Waals surface area contributed by atoms with E-state index in [-0.39, 0.29) is 30.2 Å². The van der Waals surface area contributed by atoms with Crippen LogP contribution in [0.1, 0.15) is 21.8 Å². The monoisotopic (exact) mass is 424 g/mol. The standard InChI is InChI=1S/C19H21BrN2O2.ClH/c1-24-18-9-15(20)7-8-16(18)19(23)22-11-14(10-21)17(12-22)13-5-3-2-4-6-13;/h2-9,14,17H,10-12,21H2,1H3;1H/t14-,17+;/m1./s1. The molecule has 3 rings (SSSR count). The van der Waals surface area contributed by atoms with Crippen molar-refractivity contribution in [1.82, 2.24) is 4.90 Å². The number of likely N-dealkylation sites (tertiary alicyclic amines) is 1. The minimum Gasteiger partial charge on any atom is -0.496 e. The van der Waals surface area contributed by atoms with Gasteiger partial charge in [0.25, 0.3) is 5.91 Å². The molecule has 1 aliphatic rings. The Labute approximate surface area is 162 Å². The zero-order chi connectivity index (χ0) is 17.1. The van der Waals surface area contributed by atoms with Gasteiger partial charge in [-0.3, -0.25) is 4.79 Å². The van der Waals surface area contributed by atoms with Crippen LogP contribution in [-0.4, -0.2) is 37.6 Å². The lowest BCUT2D eigenvalue weighted by molar-refractivity contribution is 0.0783. The Morgan fingerprint density at radius 2 is 1.96 bits per heavy atom. The summed E-state index contributed by atoms with van der Waals surface area (Å²) in [5.41, 5.74) is 7.80. The third kappa shape index (κ3) is 4.17. The summed E-state index contributed by atoms with van der Waals surface area (Å²) in [6, 6.07) is 15.8. The van der Waals surface area contributed by atoms with Gasteiger partial charge in [-0.2, -0.15) is 0 Å². The second kappa shape index (κ2) is 8.70. The fraction of sp³-hybridized carbons (Fsp3) is 0.316. The van der Waals surface area contributed by atoms with Crippen molar-refractivity contribution in [3.8, 4) is 5.75 Å². The molecule has 1 fully saturated rings. The number of ether oxygens (including phenoxy) is 1. The van der Waals surface area contributed by atoms with Crippen molar-refractivity contribution in [2.75, 3.05) is 26.7 Å². The van der Waals surface area contributed by atoms with Gasteiger partial charge in [-0.15, -0.1) is 12.4 Å². The summed E-state index contributed by atoms with van der Waals surface area (Å²) in [4.78, 5) is 14.9. The summed E-state index contributed by atoms with van der Waals surface area (Å²) in [5, 5.41) is 0. The van der Waals surface area contributed by atoms with E-state index < -0.39 is 0 Å². The molecular formula is C19H22BrClN2O2. The number of hydrogen-bond acceptors (Lipinski definition) is 3. The van der Waals surface area contributed by atoms with E-state index in [2.05, 4.69) is 28.1 Å². The van der Waals surface area contributed by atoms with Gasteiger partial charge in [-0.05, 0) is 36.2 Å². The van der Waals surface area contributed by atoms with E-state index in [1.165, 1.54) is 5.56 Å². The van der Waals surface area contributed by atoms with Crippen molar-refractivity contribution in [3.05, 3.63) is 64.1 Å². The molecule has 2 atom stereocenters. The van der Waals surface area contributed by atoms with Crippen LogP contribution < -0.4 is 10.5 Å². The third-order valence-electron chi connectivity index (χ3n) is 4.65. The molecule has 4 nitrogen and oxygen atoms in total. The fourth-order valence-corrected chi connectivity index (χ4v) is 3.71. The van der Waals surface area contributed by atoms with Crippen LogP contribution in [0.2, 0.25) is 0 Å². The Hall–Kier alpha value is -1.56. The van der Waals surface area contributed by atoms with Crippen LogP contribution in [-0.2, 0) is 0 Å². The molecule has 0 bridgehead atoms. The van der Waals surface area contributed by atoms with Crippen molar-refractivity contribution >= 4 is 34.2 Å². The lowest BCUT2D eigenvalue weighted by Crippen LogP contribution is -2.30. The molecule has 6 heteroatoms. The van der Waals surface area contributed by atoms with Gasteiger partial charge in [-0.25, -0.2) is 0 Å². The normalized spacial score (nSPS) is 19.4. The summed E-state index contributed by atoms with van der Waals surface area (Å²) in [7, 11) is 1.58. The maximum absolute atomic E-state index is 13.0. The van der Waals surface area contributed by atoms with Gasteiger partial charge in [-0.1, -0.05) is 46.3 Å². The number of carbonyl (C=O) groups is 1. The molecule has 0 aromatic heterocycles. The van der Waals surface area contributed by atoms with Gasteiger partial charge in [0.15, 0.2) is 0 Å². The van der Waals surface area contributed by atoms with E-state index in [4.69, 9.17) is 10.5 Å². The smallest absolute Gasteiger partial charge is 0.257 e. The van der Waals surface area contributed by atoms with E-state index in [1.54, 1.807) is 13.2 Å². The van der Waals surface area contributed by atoms with Crippen molar-refractivity contribution in [3.63, 3.8) is 0 Å². The van der Waals surface area contributed by atoms with Gasteiger partial charge in [0, 0.05) is 23.5 Å². The molecule has 2 N–H and O–H groups in total. The molecule has 0 radical (unpaired) electrons. The average molecular weight is 426 g/mol. The van der Waals surface area contributed by atoms with Gasteiger partial charge in [0.05, 0.1) is 12.7 Å². The van der Waals surface area contributed by atoms with Gasteiger partial charge in [0.2, 0.25) is 0 Å². The van der Waals surface area contributed by atoms with E-state index >= 15 is 0 Å². The molecule has 25 heavy (non-hydrogen) atoms. The fourth-order valence-electron chi connectivity index (χ4n) is 3.37. The first kappa shape index (κ1) is 19.8. The summed E-state index contributed by atoms with van der Waals surface area (Å²) in [6.45, 7) is 1.93. The van der Waals surface area contributed by atoms with E-state index in [0.717, 1.165) is 4.47 Å². The highest BCUT2D eigenvalue weighted by atomic mass is 79.9. The lowest BCUT2D eigenvalue weighted by atomic mass is 9.89. The number of hydrogen-bond donors (Lipinski definition) is 1. The molecule has 134 valence electrons. The molecule has 2 aromatic carbocycles. The molecule has 0 saturated carbocycles. The van der Waals surface area contributed by atoms with E-state index in [0.29, 0.717) is 30.9 Å². The van der Waals surface area contributed by atoms with Crippen LogP contribution in [0, 0.1) is 5.92 Å². The first-order chi connectivity index (χ1) is 11.6. The van der Waals surface area contributed by atoms with Crippen LogP contribution in [0.5, 0.6) is 5.75 Å². The summed E-state index contributed by atoms with van der Waals surface area (Å²) < 4.78 is 6.26. The predicted molar refractivity (Wildman–Crippen MR) is 106 cm³/mol. The first-order valence-electron chi connectivity index (χ1n) is 8.02. The quantitative estimate of drug-likeness (QED) is 0.813. The summed E-state index contributed by atoms with van der Waals surface area (Å²) in [5.74, 6) is 1.14. The first-order valence-corrected chi connectivity index (χ1v) is 8.81. The Morgan fingerprint density at radius 3 is 2.60 bits per heavy atom. The lowest BCUT2D eigenvalue weighted by Gasteiger charge is -2.18. The van der Waals surface area contributed by atoms with Crippen LogP contribution >= 0.6 is 28.3 Å². The maximum Gasteiger partial charge on any atom is 0.257 e. The molecule has 0 aliphatic carbocycles. The minimum absolute atomic E-state index is 0. The second-order valence-corrected chi connectivity index (χ2v) is 6.98. The highest BCUT2D eigenvalue weighted by Crippen LogP contribution is 2.34. The largest absolute Gasteiger partial charge is 0.496 e. The van der Waals surface area contributed by atoms with E-state index in [1.807, 2.05) is 35.2 Å². The number of nitrogens with two attached hydrogens (primary N) is 1. The topological polar surface area (TPSA) is 55.6 Å². The maximum atomic E-state index is 13.0. The summed E-state index contributed by atoms with van der Waals surface area (Å²) >= 11 is 3.41. The number of carbonyl (C=O) groups excluding carboxylic acids is 1. The summed E-state index contributed by atoms with van der Waals surface area (Å²) in [6.07, 6.45) is 0. The van der Waals surface area contributed by atoms with Crippen molar-refractivity contribution in [2.45, 2.75) is 5.92 Å². The number of nitrogens with zero attached hydrogens (tertiary/aromatic N) is 1. The predicted octanol–water partition coefficient (Wildman–Crippen LogP) is 3.69. The van der Waals surface area contributed by atoms with Crippen LogP contribution in [0.3, 0.4) is 0 Å². The highest BCUT2D eigenvalue weighted by molar-refractivity contribution is 9.10. The SMILES string of the molecule is COc1cc(Br)ccc1C(=O)N1C[C@@H](CN)[C@H](c2ccccc2)C1.Cl. The number of benzene rings is 2.